The third-order valence-corrected chi connectivity index (χ3v) is 6.70. The van der Waals surface area contributed by atoms with Crippen LogP contribution in [-0.2, 0) is 4.79 Å². The van der Waals surface area contributed by atoms with E-state index in [0.29, 0.717) is 12.3 Å². The fourth-order valence-corrected chi connectivity index (χ4v) is 4.68. The molecular formula is C25H30Cl2F2N2O4. The summed E-state index contributed by atoms with van der Waals surface area (Å²) in [5.41, 5.74) is 0. The second kappa shape index (κ2) is 12.7. The quantitative estimate of drug-likeness (QED) is 0.418. The third-order valence-electron chi connectivity index (χ3n) is 6.09. The molecule has 192 valence electrons. The Morgan fingerprint density at radius 2 is 1.57 bits per heavy atom. The summed E-state index contributed by atoms with van der Waals surface area (Å²) in [6.45, 7) is 4.31. The minimum Gasteiger partial charge on any atom is -0.491 e. The summed E-state index contributed by atoms with van der Waals surface area (Å²) in [5, 5.41) is 16.7. The van der Waals surface area contributed by atoms with Crippen molar-refractivity contribution in [1.29, 1.82) is 0 Å². The van der Waals surface area contributed by atoms with Crippen molar-refractivity contribution >= 4 is 29.1 Å². The predicted molar refractivity (Wildman–Crippen MR) is 131 cm³/mol. The van der Waals surface area contributed by atoms with Gasteiger partial charge in [0.15, 0.2) is 6.61 Å². The van der Waals surface area contributed by atoms with E-state index in [1.165, 1.54) is 24.3 Å². The van der Waals surface area contributed by atoms with Crippen LogP contribution in [-0.4, -0.2) is 49.0 Å². The summed E-state index contributed by atoms with van der Waals surface area (Å²) in [7, 11) is 0. The highest BCUT2D eigenvalue weighted by atomic mass is 35.5. The molecule has 0 aromatic heterocycles. The fraction of sp³-hybridized carbons (Fsp3) is 0.480. The molecule has 1 aliphatic rings. The summed E-state index contributed by atoms with van der Waals surface area (Å²) < 4.78 is 37.8. The first kappa shape index (κ1) is 27.5. The molecule has 6 nitrogen and oxygen atoms in total. The van der Waals surface area contributed by atoms with Gasteiger partial charge < -0.3 is 25.2 Å². The van der Waals surface area contributed by atoms with Gasteiger partial charge in [0, 0.05) is 30.8 Å². The van der Waals surface area contributed by atoms with Crippen LogP contribution >= 0.6 is 23.2 Å². The van der Waals surface area contributed by atoms with Crippen LogP contribution in [0.1, 0.15) is 26.7 Å². The maximum atomic E-state index is 13.5. The summed E-state index contributed by atoms with van der Waals surface area (Å²) in [4.78, 5) is 12.3. The first-order chi connectivity index (χ1) is 16.6. The number of hydrogen-bond acceptors (Lipinski definition) is 5. The molecular weight excluding hydrogens is 501 g/mol. The van der Waals surface area contributed by atoms with Crippen molar-refractivity contribution in [2.24, 2.45) is 11.8 Å². The Kier molecular flexibility index (Phi) is 9.98. The van der Waals surface area contributed by atoms with E-state index in [-0.39, 0.29) is 58.8 Å². The van der Waals surface area contributed by atoms with E-state index in [4.69, 9.17) is 32.7 Å². The Morgan fingerprint density at radius 3 is 2.11 bits per heavy atom. The molecule has 35 heavy (non-hydrogen) atoms. The minimum absolute atomic E-state index is 0.00728. The predicted octanol–water partition coefficient (Wildman–Crippen LogP) is 4.60. The van der Waals surface area contributed by atoms with Gasteiger partial charge in [-0.05, 0) is 48.9 Å². The van der Waals surface area contributed by atoms with Crippen molar-refractivity contribution < 1.29 is 28.2 Å². The zero-order valence-corrected chi connectivity index (χ0v) is 21.1. The summed E-state index contributed by atoms with van der Waals surface area (Å²) in [5.74, 6) is -0.429. The molecule has 0 bridgehead atoms. The molecule has 0 radical (unpaired) electrons. The second-order valence-electron chi connectivity index (χ2n) is 9.03. The van der Waals surface area contributed by atoms with Gasteiger partial charge in [-0.2, -0.15) is 0 Å². The number of benzene rings is 2. The number of nitrogens with one attached hydrogen (secondary N) is 2. The number of ether oxygens (including phenoxy) is 2. The van der Waals surface area contributed by atoms with Crippen molar-refractivity contribution in [1.82, 2.24) is 10.6 Å². The standard InChI is InChI=1S/C25H30Cl2F2N2O4/c1-14-7-16(31-24(33)13-35-19-4-6-21(27)23(29)10-19)8-15(2)25(14)30-11-17(32)12-34-18-3-5-20(26)22(28)9-18/h3-6,9-10,14-17,25,30,32H,7-8,11-13H2,1-2H3,(H,31,33)/t14?,15?,16-,17?,25-. The monoisotopic (exact) mass is 530 g/mol. The van der Waals surface area contributed by atoms with Crippen LogP contribution in [0.25, 0.3) is 0 Å². The average molecular weight is 531 g/mol. The smallest absolute Gasteiger partial charge is 0.258 e. The maximum absolute atomic E-state index is 13.5. The first-order valence-corrected chi connectivity index (χ1v) is 12.2. The Balaban J connectivity index is 1.39. The SMILES string of the molecule is CC1C[C@H](NC(=O)COc2ccc(Cl)c(F)c2)CC(C)[C@H]1NCC(O)COc1ccc(Cl)c(F)c1. The second-order valence-corrected chi connectivity index (χ2v) is 9.84. The number of hydrogen-bond donors (Lipinski definition) is 3. The highest BCUT2D eigenvalue weighted by Gasteiger charge is 2.33. The van der Waals surface area contributed by atoms with Gasteiger partial charge in [0.05, 0.1) is 10.0 Å². The van der Waals surface area contributed by atoms with Gasteiger partial charge in [0.1, 0.15) is 35.8 Å². The minimum atomic E-state index is -0.777. The highest BCUT2D eigenvalue weighted by Crippen LogP contribution is 2.29. The topological polar surface area (TPSA) is 79.8 Å². The molecule has 2 aromatic rings. The van der Waals surface area contributed by atoms with Gasteiger partial charge in [0.25, 0.3) is 5.91 Å². The molecule has 1 amide bonds. The van der Waals surface area contributed by atoms with E-state index in [2.05, 4.69) is 24.5 Å². The molecule has 2 aromatic carbocycles. The average Bonchev–Trinajstić information content (AvgIpc) is 2.80. The largest absolute Gasteiger partial charge is 0.491 e. The van der Waals surface area contributed by atoms with Crippen LogP contribution in [0.4, 0.5) is 8.78 Å². The molecule has 3 rings (SSSR count). The fourth-order valence-electron chi connectivity index (χ4n) is 4.44. The zero-order chi connectivity index (χ0) is 25.5. The van der Waals surface area contributed by atoms with Crippen molar-refractivity contribution in [3.63, 3.8) is 0 Å². The van der Waals surface area contributed by atoms with Crippen molar-refractivity contribution in [3.05, 3.63) is 58.1 Å². The normalized spacial score (nSPS) is 22.9. The molecule has 3 atom stereocenters. The van der Waals surface area contributed by atoms with E-state index < -0.39 is 17.7 Å². The van der Waals surface area contributed by atoms with Crippen molar-refractivity contribution in [2.45, 2.75) is 44.9 Å². The molecule has 1 fully saturated rings. The number of aliphatic hydroxyl groups excluding tert-OH is 1. The first-order valence-electron chi connectivity index (χ1n) is 11.5. The molecule has 3 N–H and O–H groups in total. The van der Waals surface area contributed by atoms with Crippen LogP contribution < -0.4 is 20.1 Å². The van der Waals surface area contributed by atoms with Crippen LogP contribution in [0.15, 0.2) is 36.4 Å². The van der Waals surface area contributed by atoms with E-state index in [9.17, 15) is 18.7 Å². The number of rotatable bonds is 10. The number of carbonyl (C=O) groups is 1. The Bertz CT molecular complexity index is 1000. The Hall–Kier alpha value is -2.13. The van der Waals surface area contributed by atoms with E-state index in [1.54, 1.807) is 6.07 Å². The van der Waals surface area contributed by atoms with Crippen LogP contribution in [0, 0.1) is 23.5 Å². The molecule has 1 aliphatic carbocycles. The number of amides is 1. The van der Waals surface area contributed by atoms with Crippen LogP contribution in [0.5, 0.6) is 11.5 Å². The van der Waals surface area contributed by atoms with E-state index >= 15 is 0 Å². The van der Waals surface area contributed by atoms with Crippen molar-refractivity contribution in [2.75, 3.05) is 19.8 Å². The lowest BCUT2D eigenvalue weighted by atomic mass is 9.76. The highest BCUT2D eigenvalue weighted by molar-refractivity contribution is 6.31. The number of aliphatic hydroxyl groups is 1. The Morgan fingerprint density at radius 1 is 1.03 bits per heavy atom. The number of halogens is 4. The van der Waals surface area contributed by atoms with Gasteiger partial charge in [-0.1, -0.05) is 37.0 Å². The number of carbonyl (C=O) groups excluding carboxylic acids is 1. The maximum Gasteiger partial charge on any atom is 0.258 e. The van der Waals surface area contributed by atoms with E-state index in [1.807, 2.05) is 0 Å². The van der Waals surface area contributed by atoms with Gasteiger partial charge in [0.2, 0.25) is 0 Å². The van der Waals surface area contributed by atoms with Gasteiger partial charge in [-0.15, -0.1) is 0 Å². The van der Waals surface area contributed by atoms with E-state index in [0.717, 1.165) is 18.9 Å². The van der Waals surface area contributed by atoms with Crippen molar-refractivity contribution in [3.8, 4) is 11.5 Å². The molecule has 0 heterocycles. The summed E-state index contributed by atoms with van der Waals surface area (Å²) in [6.07, 6.45) is 0.750. The van der Waals surface area contributed by atoms with Gasteiger partial charge in [-0.25, -0.2) is 8.78 Å². The lowest BCUT2D eigenvalue weighted by Gasteiger charge is -2.40. The lowest BCUT2D eigenvalue weighted by Crippen LogP contribution is -2.52. The molecule has 3 unspecified atom stereocenters. The van der Waals surface area contributed by atoms with Gasteiger partial charge in [-0.3, -0.25) is 4.79 Å². The lowest BCUT2D eigenvalue weighted by molar-refractivity contribution is -0.124. The molecule has 0 saturated heterocycles. The molecule has 10 heteroatoms. The zero-order valence-electron chi connectivity index (χ0n) is 19.6. The summed E-state index contributed by atoms with van der Waals surface area (Å²) >= 11 is 11.3. The Labute approximate surface area is 213 Å². The molecule has 1 saturated carbocycles. The molecule has 0 spiro atoms. The molecule has 0 aliphatic heterocycles. The van der Waals surface area contributed by atoms with Crippen LogP contribution in [0.3, 0.4) is 0 Å². The van der Waals surface area contributed by atoms with Crippen LogP contribution in [0.2, 0.25) is 10.0 Å². The third kappa shape index (κ3) is 8.20. The summed E-state index contributed by atoms with van der Waals surface area (Å²) in [6, 6.07) is 8.30. The van der Waals surface area contributed by atoms with Gasteiger partial charge >= 0.3 is 0 Å².